The molecule has 15 heavy (non-hydrogen) atoms. The van der Waals surface area contributed by atoms with Gasteiger partial charge in [-0.3, -0.25) is 0 Å². The lowest BCUT2D eigenvalue weighted by molar-refractivity contribution is 0.0525. The van der Waals surface area contributed by atoms with E-state index in [1.165, 1.54) is 0 Å². The van der Waals surface area contributed by atoms with Gasteiger partial charge in [0.2, 0.25) is 0 Å². The van der Waals surface area contributed by atoms with Crippen LogP contribution in [0.1, 0.15) is 28.4 Å². The third kappa shape index (κ3) is 2.28. The number of esters is 1. The van der Waals surface area contributed by atoms with Crippen molar-refractivity contribution in [1.29, 1.82) is 5.26 Å². The van der Waals surface area contributed by atoms with E-state index < -0.39 is 5.97 Å². The van der Waals surface area contributed by atoms with Gasteiger partial charge >= 0.3 is 5.97 Å². The van der Waals surface area contributed by atoms with Crippen molar-refractivity contribution in [3.05, 3.63) is 33.8 Å². The number of benzene rings is 1. The molecule has 0 spiro atoms. The number of nitrogens with zero attached hydrogens (tertiary/aromatic N) is 1. The highest BCUT2D eigenvalue weighted by molar-refractivity contribution is 6.34. The molecule has 0 fully saturated rings. The van der Waals surface area contributed by atoms with Crippen molar-refractivity contribution in [2.45, 2.75) is 13.8 Å². The van der Waals surface area contributed by atoms with Crippen LogP contribution in [-0.2, 0) is 4.74 Å². The van der Waals surface area contributed by atoms with Gasteiger partial charge < -0.3 is 4.74 Å². The van der Waals surface area contributed by atoms with E-state index >= 15 is 0 Å². The first-order valence-corrected chi connectivity index (χ1v) is 4.86. The van der Waals surface area contributed by atoms with E-state index in [2.05, 4.69) is 0 Å². The predicted molar refractivity (Wildman–Crippen MR) is 56.9 cm³/mol. The molecule has 0 bridgehead atoms. The monoisotopic (exact) mass is 223 g/mol. The average molecular weight is 224 g/mol. The maximum absolute atomic E-state index is 11.5. The SMILES string of the molecule is CCOC(=O)c1c(C)ccc(C#N)c1Cl. The van der Waals surface area contributed by atoms with Crippen LogP contribution in [0.5, 0.6) is 0 Å². The molecule has 0 unspecified atom stereocenters. The normalized spacial score (nSPS) is 9.47. The molecule has 0 aliphatic heterocycles. The standard InChI is InChI=1S/C11H10ClNO2/c1-3-15-11(14)9-7(2)4-5-8(6-13)10(9)12/h4-5H,3H2,1-2H3. The van der Waals surface area contributed by atoms with Crippen LogP contribution in [0.4, 0.5) is 0 Å². The summed E-state index contributed by atoms with van der Waals surface area (Å²) in [6.45, 7) is 3.75. The van der Waals surface area contributed by atoms with Gasteiger partial charge in [0.1, 0.15) is 6.07 Å². The Labute approximate surface area is 93.2 Å². The van der Waals surface area contributed by atoms with E-state index in [9.17, 15) is 4.79 Å². The molecule has 0 aromatic heterocycles. The summed E-state index contributed by atoms with van der Waals surface area (Å²) in [7, 11) is 0. The molecule has 1 aromatic rings. The summed E-state index contributed by atoms with van der Waals surface area (Å²) in [6, 6.07) is 5.18. The van der Waals surface area contributed by atoms with Crippen LogP contribution in [0.3, 0.4) is 0 Å². The molecule has 0 radical (unpaired) electrons. The first-order valence-electron chi connectivity index (χ1n) is 4.48. The maximum atomic E-state index is 11.5. The molecule has 1 aromatic carbocycles. The first kappa shape index (κ1) is 11.5. The van der Waals surface area contributed by atoms with Gasteiger partial charge in [0.25, 0.3) is 0 Å². The Morgan fingerprint density at radius 3 is 2.80 bits per heavy atom. The van der Waals surface area contributed by atoms with Crippen molar-refractivity contribution >= 4 is 17.6 Å². The van der Waals surface area contributed by atoms with E-state index in [0.717, 1.165) is 0 Å². The van der Waals surface area contributed by atoms with Gasteiger partial charge in [0, 0.05) is 0 Å². The number of carbonyl (C=O) groups is 1. The second kappa shape index (κ2) is 4.81. The number of rotatable bonds is 2. The van der Waals surface area contributed by atoms with Gasteiger partial charge in [0.15, 0.2) is 0 Å². The first-order chi connectivity index (χ1) is 7.11. The lowest BCUT2D eigenvalue weighted by Crippen LogP contribution is -2.08. The Bertz CT molecular complexity index is 435. The van der Waals surface area contributed by atoms with E-state index in [4.69, 9.17) is 21.6 Å². The van der Waals surface area contributed by atoms with E-state index in [0.29, 0.717) is 5.56 Å². The molecule has 0 N–H and O–H groups in total. The second-order valence-electron chi connectivity index (χ2n) is 2.95. The number of halogens is 1. The summed E-state index contributed by atoms with van der Waals surface area (Å²) >= 11 is 5.92. The van der Waals surface area contributed by atoms with Gasteiger partial charge in [-0.15, -0.1) is 0 Å². The molecule has 3 nitrogen and oxygen atoms in total. The minimum atomic E-state index is -0.489. The van der Waals surface area contributed by atoms with Crippen molar-refractivity contribution in [3.8, 4) is 6.07 Å². The molecule has 78 valence electrons. The topological polar surface area (TPSA) is 50.1 Å². The average Bonchev–Trinajstić information content (AvgIpc) is 2.18. The van der Waals surface area contributed by atoms with Crippen LogP contribution < -0.4 is 0 Å². The second-order valence-corrected chi connectivity index (χ2v) is 3.33. The van der Waals surface area contributed by atoms with Crippen molar-refractivity contribution in [2.75, 3.05) is 6.61 Å². The molecule has 0 heterocycles. The van der Waals surface area contributed by atoms with E-state index in [1.807, 2.05) is 6.07 Å². The van der Waals surface area contributed by atoms with Crippen molar-refractivity contribution in [3.63, 3.8) is 0 Å². The molecule has 0 atom stereocenters. The molecule has 0 aliphatic rings. The molecule has 0 saturated carbocycles. The molecule has 0 amide bonds. The zero-order chi connectivity index (χ0) is 11.4. The summed E-state index contributed by atoms with van der Waals surface area (Å²) in [5, 5.41) is 8.92. The zero-order valence-electron chi connectivity index (χ0n) is 8.50. The molecule has 4 heteroatoms. The summed E-state index contributed by atoms with van der Waals surface area (Å²) < 4.78 is 4.86. The number of carbonyl (C=O) groups excluding carboxylic acids is 1. The van der Waals surface area contributed by atoms with Crippen LogP contribution >= 0.6 is 11.6 Å². The summed E-state index contributed by atoms with van der Waals surface area (Å²) in [6.07, 6.45) is 0. The van der Waals surface area contributed by atoms with Crippen LogP contribution in [0, 0.1) is 18.3 Å². The Morgan fingerprint density at radius 1 is 1.60 bits per heavy atom. The third-order valence-corrected chi connectivity index (χ3v) is 2.34. The van der Waals surface area contributed by atoms with Gasteiger partial charge in [-0.25, -0.2) is 4.79 Å². The predicted octanol–water partition coefficient (Wildman–Crippen LogP) is 2.70. The Balaban J connectivity index is 3.28. The minimum Gasteiger partial charge on any atom is -0.462 e. The number of ether oxygens (including phenoxy) is 1. The highest BCUT2D eigenvalue weighted by Gasteiger charge is 2.17. The third-order valence-electron chi connectivity index (χ3n) is 1.95. The molecule has 0 aliphatic carbocycles. The fraction of sp³-hybridized carbons (Fsp3) is 0.273. The van der Waals surface area contributed by atoms with Crippen LogP contribution in [-0.4, -0.2) is 12.6 Å². The number of hydrogen-bond donors (Lipinski definition) is 0. The summed E-state index contributed by atoms with van der Waals surface area (Å²) in [5.41, 5.74) is 1.26. The Hall–Kier alpha value is -1.53. The largest absolute Gasteiger partial charge is 0.462 e. The fourth-order valence-electron chi connectivity index (χ4n) is 1.21. The van der Waals surface area contributed by atoms with Crippen LogP contribution in [0.25, 0.3) is 0 Å². The number of hydrogen-bond acceptors (Lipinski definition) is 3. The summed E-state index contributed by atoms with van der Waals surface area (Å²) in [4.78, 5) is 11.5. The van der Waals surface area contributed by atoms with Crippen LogP contribution in [0.15, 0.2) is 12.1 Å². The quantitative estimate of drug-likeness (QED) is 0.725. The minimum absolute atomic E-state index is 0.163. The molecular weight excluding hydrogens is 214 g/mol. The highest BCUT2D eigenvalue weighted by Crippen LogP contribution is 2.24. The van der Waals surface area contributed by atoms with Crippen LogP contribution in [0.2, 0.25) is 5.02 Å². The Morgan fingerprint density at radius 2 is 2.27 bits per heavy atom. The van der Waals surface area contributed by atoms with Gasteiger partial charge in [0.05, 0.1) is 22.8 Å². The van der Waals surface area contributed by atoms with Gasteiger partial charge in [-0.1, -0.05) is 17.7 Å². The Kier molecular flexibility index (Phi) is 3.70. The van der Waals surface area contributed by atoms with Crippen molar-refractivity contribution in [2.24, 2.45) is 0 Å². The smallest absolute Gasteiger partial charge is 0.339 e. The fourth-order valence-corrected chi connectivity index (χ4v) is 1.54. The molecule has 1 rings (SSSR count). The highest BCUT2D eigenvalue weighted by atomic mass is 35.5. The van der Waals surface area contributed by atoms with Crippen molar-refractivity contribution in [1.82, 2.24) is 0 Å². The van der Waals surface area contributed by atoms with Crippen molar-refractivity contribution < 1.29 is 9.53 Å². The molecule has 0 saturated heterocycles. The number of nitriles is 1. The van der Waals surface area contributed by atoms with Gasteiger partial charge in [-0.2, -0.15) is 5.26 Å². The lowest BCUT2D eigenvalue weighted by Gasteiger charge is -2.08. The van der Waals surface area contributed by atoms with E-state index in [-0.39, 0.29) is 22.8 Å². The van der Waals surface area contributed by atoms with Gasteiger partial charge in [-0.05, 0) is 25.5 Å². The summed E-state index contributed by atoms with van der Waals surface area (Å²) in [5.74, 6) is -0.489. The number of aryl methyl sites for hydroxylation is 1. The lowest BCUT2D eigenvalue weighted by atomic mass is 10.1. The zero-order valence-corrected chi connectivity index (χ0v) is 9.26. The van der Waals surface area contributed by atoms with E-state index in [1.54, 1.807) is 26.0 Å². The maximum Gasteiger partial charge on any atom is 0.339 e. The molecular formula is C11H10ClNO2.